The van der Waals surface area contributed by atoms with Gasteiger partial charge in [0.1, 0.15) is 17.4 Å². The molecule has 0 aliphatic heterocycles. The van der Waals surface area contributed by atoms with Gasteiger partial charge >= 0.3 is 11.9 Å². The van der Waals surface area contributed by atoms with Crippen molar-refractivity contribution in [1.82, 2.24) is 0 Å². The number of nitrogens with zero attached hydrogens (tertiary/aromatic N) is 2. The van der Waals surface area contributed by atoms with Crippen LogP contribution >= 0.6 is 0 Å². The highest BCUT2D eigenvalue weighted by molar-refractivity contribution is 5.98. The fourth-order valence-corrected chi connectivity index (χ4v) is 2.03. The zero-order valence-corrected chi connectivity index (χ0v) is 14.2. The Hall–Kier alpha value is -3.99. The minimum Gasteiger partial charge on any atom is -0.462 e. The lowest BCUT2D eigenvalue weighted by Crippen LogP contribution is -2.08. The number of benzene rings is 2. The van der Waals surface area contributed by atoms with Crippen LogP contribution in [0.3, 0.4) is 0 Å². The van der Waals surface area contributed by atoms with Crippen molar-refractivity contribution in [3.05, 3.63) is 75.3 Å². The first-order valence-corrected chi connectivity index (χ1v) is 7.80. The number of hydrogen-bond donors (Lipinski definition) is 0. The van der Waals surface area contributed by atoms with E-state index >= 15 is 0 Å². The van der Waals surface area contributed by atoms with E-state index in [9.17, 15) is 19.7 Å². The van der Waals surface area contributed by atoms with Crippen LogP contribution in [0.2, 0.25) is 0 Å². The number of nitro groups is 1. The van der Waals surface area contributed by atoms with Crippen molar-refractivity contribution < 1.29 is 24.0 Å². The standard InChI is InChI=1S/C19H14N2O6/c1-2-26-18(22)15(12-20)11-13-3-9-17(10-4-13)27-19(23)14-5-7-16(8-6-14)21(24)25/h3-11H,2H2,1H3/b15-11-. The molecule has 0 saturated carbocycles. The molecule has 2 aromatic rings. The molecule has 0 unspecified atom stereocenters. The van der Waals surface area contributed by atoms with E-state index in [4.69, 9.17) is 14.7 Å². The molecule has 136 valence electrons. The quantitative estimate of drug-likeness (QED) is 0.192. The van der Waals surface area contributed by atoms with Gasteiger partial charge in [-0.3, -0.25) is 10.1 Å². The first-order valence-electron chi connectivity index (χ1n) is 7.80. The Kier molecular flexibility index (Phi) is 6.39. The largest absolute Gasteiger partial charge is 0.462 e. The Morgan fingerprint density at radius 1 is 1.15 bits per heavy atom. The van der Waals surface area contributed by atoms with E-state index in [2.05, 4.69) is 0 Å². The Labute approximate surface area is 154 Å². The van der Waals surface area contributed by atoms with E-state index in [1.165, 1.54) is 42.5 Å². The maximum Gasteiger partial charge on any atom is 0.348 e. The van der Waals surface area contributed by atoms with E-state index < -0.39 is 16.9 Å². The van der Waals surface area contributed by atoms with Crippen LogP contribution in [-0.2, 0) is 9.53 Å². The topological polar surface area (TPSA) is 120 Å². The van der Waals surface area contributed by atoms with E-state index in [0.29, 0.717) is 5.56 Å². The number of rotatable bonds is 6. The van der Waals surface area contributed by atoms with Gasteiger partial charge < -0.3 is 9.47 Å². The Bertz CT molecular complexity index is 924. The van der Waals surface area contributed by atoms with E-state index in [0.717, 1.165) is 0 Å². The molecule has 0 heterocycles. The molecule has 0 aromatic heterocycles. The fourth-order valence-electron chi connectivity index (χ4n) is 2.03. The van der Waals surface area contributed by atoms with Gasteiger partial charge in [-0.25, -0.2) is 9.59 Å². The molecule has 0 amide bonds. The highest BCUT2D eigenvalue weighted by atomic mass is 16.6. The summed E-state index contributed by atoms with van der Waals surface area (Å²) in [6.07, 6.45) is 1.36. The summed E-state index contributed by atoms with van der Waals surface area (Å²) in [4.78, 5) is 33.7. The van der Waals surface area contributed by atoms with Crippen molar-refractivity contribution >= 4 is 23.7 Å². The van der Waals surface area contributed by atoms with Gasteiger partial charge in [-0.1, -0.05) is 12.1 Å². The third-order valence-electron chi connectivity index (χ3n) is 3.33. The van der Waals surface area contributed by atoms with Gasteiger partial charge in [-0.05, 0) is 42.8 Å². The average Bonchev–Trinajstić information content (AvgIpc) is 2.67. The lowest BCUT2D eigenvalue weighted by molar-refractivity contribution is -0.384. The number of ether oxygens (including phenoxy) is 2. The lowest BCUT2D eigenvalue weighted by atomic mass is 10.1. The molecular formula is C19H14N2O6. The second kappa shape index (κ2) is 8.92. The van der Waals surface area contributed by atoms with Crippen molar-refractivity contribution in [2.24, 2.45) is 0 Å². The summed E-state index contributed by atoms with van der Waals surface area (Å²) in [7, 11) is 0. The predicted octanol–water partition coefficient (Wildman–Crippen LogP) is 3.28. The molecule has 0 spiro atoms. The molecule has 8 heteroatoms. The van der Waals surface area contributed by atoms with Gasteiger partial charge in [0.2, 0.25) is 0 Å². The molecule has 2 aromatic carbocycles. The number of carbonyl (C=O) groups is 2. The Morgan fingerprint density at radius 3 is 2.30 bits per heavy atom. The zero-order chi connectivity index (χ0) is 19.8. The molecule has 8 nitrogen and oxygen atoms in total. The maximum absolute atomic E-state index is 12.1. The van der Waals surface area contributed by atoms with Gasteiger partial charge in [0.25, 0.3) is 5.69 Å². The van der Waals surface area contributed by atoms with Gasteiger partial charge in [0.15, 0.2) is 0 Å². The Balaban J connectivity index is 2.09. The van der Waals surface area contributed by atoms with Gasteiger partial charge in [0, 0.05) is 12.1 Å². The number of esters is 2. The van der Waals surface area contributed by atoms with Crippen molar-refractivity contribution in [3.8, 4) is 11.8 Å². The normalized spacial score (nSPS) is 10.6. The summed E-state index contributed by atoms with van der Waals surface area (Å²) in [5.41, 5.74) is 0.443. The SMILES string of the molecule is CCOC(=O)/C(C#N)=C\c1ccc(OC(=O)c2ccc([N+](=O)[O-])cc2)cc1. The highest BCUT2D eigenvalue weighted by Gasteiger charge is 2.12. The van der Waals surface area contributed by atoms with Crippen LogP contribution in [0.4, 0.5) is 5.69 Å². The van der Waals surface area contributed by atoms with Crippen LogP contribution in [0.15, 0.2) is 54.1 Å². The molecule has 0 fully saturated rings. The molecule has 0 bridgehead atoms. The predicted molar refractivity (Wildman–Crippen MR) is 94.7 cm³/mol. The summed E-state index contributed by atoms with van der Waals surface area (Å²) in [6, 6.07) is 12.9. The van der Waals surface area contributed by atoms with Crippen LogP contribution in [0.5, 0.6) is 5.75 Å². The van der Waals surface area contributed by atoms with E-state index in [1.54, 1.807) is 25.1 Å². The Morgan fingerprint density at radius 2 is 1.78 bits per heavy atom. The number of nitriles is 1. The highest BCUT2D eigenvalue weighted by Crippen LogP contribution is 2.18. The second-order valence-electron chi connectivity index (χ2n) is 5.15. The molecule has 27 heavy (non-hydrogen) atoms. The molecule has 2 rings (SSSR count). The summed E-state index contributed by atoms with van der Waals surface area (Å²) < 4.78 is 9.96. The summed E-state index contributed by atoms with van der Waals surface area (Å²) in [6.45, 7) is 1.80. The maximum atomic E-state index is 12.1. The lowest BCUT2D eigenvalue weighted by Gasteiger charge is -2.05. The second-order valence-corrected chi connectivity index (χ2v) is 5.15. The smallest absolute Gasteiger partial charge is 0.348 e. The molecule has 0 aliphatic rings. The molecule has 0 saturated heterocycles. The van der Waals surface area contributed by atoms with E-state index in [-0.39, 0.29) is 29.2 Å². The average molecular weight is 366 g/mol. The molecular weight excluding hydrogens is 352 g/mol. The fraction of sp³-hybridized carbons (Fsp3) is 0.105. The van der Waals surface area contributed by atoms with Crippen molar-refractivity contribution in [2.45, 2.75) is 6.92 Å². The van der Waals surface area contributed by atoms with Crippen LogP contribution in [0.1, 0.15) is 22.8 Å². The summed E-state index contributed by atoms with van der Waals surface area (Å²) in [5.74, 6) is -1.14. The zero-order valence-electron chi connectivity index (χ0n) is 14.2. The van der Waals surface area contributed by atoms with E-state index in [1.807, 2.05) is 0 Å². The van der Waals surface area contributed by atoms with Crippen LogP contribution in [0.25, 0.3) is 6.08 Å². The van der Waals surface area contributed by atoms with Crippen molar-refractivity contribution in [1.29, 1.82) is 5.26 Å². The molecule has 0 aliphatic carbocycles. The molecule has 0 N–H and O–H groups in total. The van der Waals surface area contributed by atoms with Crippen molar-refractivity contribution in [2.75, 3.05) is 6.61 Å². The number of hydrogen-bond acceptors (Lipinski definition) is 7. The monoisotopic (exact) mass is 366 g/mol. The summed E-state index contributed by atoms with van der Waals surface area (Å²) in [5, 5.41) is 19.6. The number of non-ortho nitro benzene ring substituents is 1. The van der Waals surface area contributed by atoms with Crippen LogP contribution < -0.4 is 4.74 Å². The number of nitro benzene ring substituents is 1. The summed E-state index contributed by atoms with van der Waals surface area (Å²) >= 11 is 0. The first kappa shape index (κ1) is 19.3. The molecule has 0 radical (unpaired) electrons. The van der Waals surface area contributed by atoms with Crippen molar-refractivity contribution in [3.63, 3.8) is 0 Å². The first-order chi connectivity index (χ1) is 12.9. The minimum absolute atomic E-state index is 0.127. The van der Waals surface area contributed by atoms with Gasteiger partial charge in [0.05, 0.1) is 17.1 Å². The van der Waals surface area contributed by atoms with Crippen LogP contribution in [0, 0.1) is 21.4 Å². The third kappa shape index (κ3) is 5.24. The van der Waals surface area contributed by atoms with Gasteiger partial charge in [-0.2, -0.15) is 5.26 Å². The minimum atomic E-state index is -0.714. The van der Waals surface area contributed by atoms with Gasteiger partial charge in [-0.15, -0.1) is 0 Å². The van der Waals surface area contributed by atoms with Crippen LogP contribution in [-0.4, -0.2) is 23.5 Å². The molecule has 0 atom stereocenters. The number of carbonyl (C=O) groups excluding carboxylic acids is 2. The third-order valence-corrected chi connectivity index (χ3v) is 3.33.